The van der Waals surface area contributed by atoms with Crippen LogP contribution in [0.2, 0.25) is 0 Å². The molecule has 0 atom stereocenters. The summed E-state index contributed by atoms with van der Waals surface area (Å²) >= 11 is 0. The van der Waals surface area contributed by atoms with Crippen molar-refractivity contribution < 1.29 is 14.2 Å². The molecule has 2 aliphatic rings. The number of hydrogen-bond donors (Lipinski definition) is 1. The molecule has 2 aromatic carbocycles. The maximum atomic E-state index is 5.55. The Bertz CT molecular complexity index is 1170. The Balaban J connectivity index is 1.45. The number of nitrogens with zero attached hydrogens (tertiary/aromatic N) is 4. The lowest BCUT2D eigenvalue weighted by Gasteiger charge is -2.28. The van der Waals surface area contributed by atoms with Gasteiger partial charge in [0.2, 0.25) is 0 Å². The van der Waals surface area contributed by atoms with E-state index in [9.17, 15) is 0 Å². The monoisotopic (exact) mass is 445 g/mol. The highest BCUT2D eigenvalue weighted by Crippen LogP contribution is 2.36. The fourth-order valence-electron chi connectivity index (χ4n) is 4.09. The number of morpholine rings is 1. The minimum Gasteiger partial charge on any atom is -0.497 e. The molecule has 5 rings (SSSR count). The quantitative estimate of drug-likeness (QED) is 0.621. The van der Waals surface area contributed by atoms with Gasteiger partial charge in [-0.1, -0.05) is 18.2 Å². The van der Waals surface area contributed by atoms with Gasteiger partial charge in [-0.2, -0.15) is 0 Å². The summed E-state index contributed by atoms with van der Waals surface area (Å²) in [5.74, 6) is 4.13. The highest BCUT2D eigenvalue weighted by atomic mass is 16.5. The molecule has 1 fully saturated rings. The van der Waals surface area contributed by atoms with Gasteiger partial charge in [0.05, 0.1) is 39.5 Å². The number of nitrogens with one attached hydrogen (secondary N) is 1. The van der Waals surface area contributed by atoms with E-state index in [1.165, 1.54) is 0 Å². The minimum atomic E-state index is 0.623. The van der Waals surface area contributed by atoms with Gasteiger partial charge in [-0.25, -0.2) is 15.0 Å². The Morgan fingerprint density at radius 2 is 1.73 bits per heavy atom. The number of fused-ring (bicyclic) bond motifs is 1. The summed E-state index contributed by atoms with van der Waals surface area (Å²) < 4.78 is 16.3. The van der Waals surface area contributed by atoms with E-state index in [0.717, 1.165) is 64.7 Å². The lowest BCUT2D eigenvalue weighted by molar-refractivity contribution is 0.122. The predicted molar refractivity (Wildman–Crippen MR) is 128 cm³/mol. The highest BCUT2D eigenvalue weighted by Gasteiger charge is 2.26. The van der Waals surface area contributed by atoms with Gasteiger partial charge in [-0.3, -0.25) is 0 Å². The third-order valence-corrected chi connectivity index (χ3v) is 5.73. The van der Waals surface area contributed by atoms with Crippen LogP contribution < -0.4 is 19.7 Å². The topological polar surface area (TPSA) is 81.1 Å². The molecule has 8 heteroatoms. The van der Waals surface area contributed by atoms with Crippen LogP contribution in [0, 0.1) is 0 Å². The van der Waals surface area contributed by atoms with Crippen LogP contribution in [0.15, 0.2) is 53.5 Å². The summed E-state index contributed by atoms with van der Waals surface area (Å²) in [6.45, 7) is 2.94. The van der Waals surface area contributed by atoms with Crippen molar-refractivity contribution in [2.75, 3.05) is 50.7 Å². The van der Waals surface area contributed by atoms with Crippen LogP contribution in [-0.2, 0) is 17.6 Å². The van der Waals surface area contributed by atoms with Crippen LogP contribution in [0.1, 0.15) is 17.1 Å². The fourth-order valence-corrected chi connectivity index (χ4v) is 4.09. The van der Waals surface area contributed by atoms with Gasteiger partial charge >= 0.3 is 0 Å². The summed E-state index contributed by atoms with van der Waals surface area (Å²) in [6.07, 6.45) is 1.25. The number of benzene rings is 2. The van der Waals surface area contributed by atoms with Gasteiger partial charge in [0.15, 0.2) is 5.82 Å². The first-order valence-corrected chi connectivity index (χ1v) is 11.1. The van der Waals surface area contributed by atoms with E-state index in [4.69, 9.17) is 29.2 Å². The summed E-state index contributed by atoms with van der Waals surface area (Å²) in [4.78, 5) is 17.0. The lowest BCUT2D eigenvalue weighted by Crippen LogP contribution is -2.37. The third kappa shape index (κ3) is 4.75. The first-order chi connectivity index (χ1) is 16.2. The normalized spacial score (nSPS) is 15.1. The van der Waals surface area contributed by atoms with Gasteiger partial charge < -0.3 is 24.4 Å². The van der Waals surface area contributed by atoms with Gasteiger partial charge in [-0.15, -0.1) is 0 Å². The Kier molecular flexibility index (Phi) is 6.08. The standard InChI is InChI=1S/C25H27N5O3/c1-31-19-7-3-5-17(13-19)14-22-27-21-16-23(26-18-6-4-8-20(15-18)32-2)28-24(21)25(29-22)30-9-11-33-12-10-30/h3-8,13,15H,9-12,14,16H2,1-2H3,(H,26,28). The Morgan fingerprint density at radius 1 is 0.970 bits per heavy atom. The average molecular weight is 446 g/mol. The zero-order valence-corrected chi connectivity index (χ0v) is 18.9. The number of ether oxygens (including phenoxy) is 3. The summed E-state index contributed by atoms with van der Waals surface area (Å²) in [5, 5.41) is 3.42. The molecule has 1 aromatic heterocycles. The van der Waals surface area contributed by atoms with Crippen LogP contribution in [0.5, 0.6) is 11.5 Å². The van der Waals surface area contributed by atoms with Crippen molar-refractivity contribution in [3.8, 4) is 11.5 Å². The molecule has 0 spiro atoms. The van der Waals surface area contributed by atoms with Gasteiger partial charge in [0.1, 0.15) is 28.8 Å². The van der Waals surface area contributed by atoms with Crippen LogP contribution in [0.25, 0.3) is 0 Å². The molecule has 0 radical (unpaired) electrons. The largest absolute Gasteiger partial charge is 0.497 e. The maximum absolute atomic E-state index is 5.55. The summed E-state index contributed by atoms with van der Waals surface area (Å²) in [5.41, 5.74) is 3.82. The van der Waals surface area contributed by atoms with E-state index in [-0.39, 0.29) is 0 Å². The molecule has 0 amide bonds. The molecule has 170 valence electrons. The molecule has 2 aliphatic heterocycles. The Labute approximate surface area is 193 Å². The number of hydrogen-bond acceptors (Lipinski definition) is 8. The van der Waals surface area contributed by atoms with Crippen molar-refractivity contribution in [2.45, 2.75) is 12.8 Å². The van der Waals surface area contributed by atoms with Crippen molar-refractivity contribution in [3.05, 3.63) is 65.6 Å². The molecule has 3 heterocycles. The zero-order chi connectivity index (χ0) is 22.6. The van der Waals surface area contributed by atoms with Crippen molar-refractivity contribution >= 4 is 23.0 Å². The molecule has 0 bridgehead atoms. The van der Waals surface area contributed by atoms with E-state index in [1.807, 2.05) is 42.5 Å². The van der Waals surface area contributed by atoms with Crippen molar-refractivity contribution in [2.24, 2.45) is 4.99 Å². The van der Waals surface area contributed by atoms with Crippen LogP contribution >= 0.6 is 0 Å². The molecule has 3 aromatic rings. The Morgan fingerprint density at radius 3 is 2.52 bits per heavy atom. The SMILES string of the molecule is COc1cccc(Cc2nc3c(c(N4CCOCC4)n2)N=C(Nc2cccc(OC)c2)C3)c1. The van der Waals surface area contributed by atoms with Gasteiger partial charge in [0, 0.05) is 31.3 Å². The molecular formula is C25H27N5O3. The van der Waals surface area contributed by atoms with Crippen LogP contribution in [0.3, 0.4) is 0 Å². The van der Waals surface area contributed by atoms with E-state index < -0.39 is 0 Å². The maximum Gasteiger partial charge on any atom is 0.158 e. The third-order valence-electron chi connectivity index (χ3n) is 5.73. The first-order valence-electron chi connectivity index (χ1n) is 11.1. The van der Waals surface area contributed by atoms with Gasteiger partial charge in [0.25, 0.3) is 0 Å². The number of anilines is 2. The smallest absolute Gasteiger partial charge is 0.158 e. The summed E-state index contributed by atoms with van der Waals surface area (Å²) in [7, 11) is 3.34. The van der Waals surface area contributed by atoms with E-state index >= 15 is 0 Å². The molecule has 0 saturated carbocycles. The molecule has 33 heavy (non-hydrogen) atoms. The average Bonchev–Trinajstić information content (AvgIpc) is 3.26. The molecule has 0 aliphatic carbocycles. The highest BCUT2D eigenvalue weighted by molar-refractivity contribution is 6.03. The molecule has 8 nitrogen and oxygen atoms in total. The fraction of sp³-hybridized carbons (Fsp3) is 0.320. The number of methoxy groups -OCH3 is 2. The first kappa shape index (κ1) is 21.2. The minimum absolute atomic E-state index is 0.623. The second-order valence-corrected chi connectivity index (χ2v) is 7.98. The van der Waals surface area contributed by atoms with Crippen molar-refractivity contribution in [1.29, 1.82) is 0 Å². The second kappa shape index (κ2) is 9.46. The second-order valence-electron chi connectivity index (χ2n) is 7.98. The molecule has 1 saturated heterocycles. The van der Waals surface area contributed by atoms with E-state index in [0.29, 0.717) is 26.1 Å². The van der Waals surface area contributed by atoms with Crippen molar-refractivity contribution in [1.82, 2.24) is 9.97 Å². The molecule has 1 N–H and O–H groups in total. The molecule has 0 unspecified atom stereocenters. The number of rotatable bonds is 6. The number of aromatic nitrogens is 2. The van der Waals surface area contributed by atoms with Crippen molar-refractivity contribution in [3.63, 3.8) is 0 Å². The number of aliphatic imine (C=N–C) groups is 1. The zero-order valence-electron chi connectivity index (χ0n) is 18.9. The molecular weight excluding hydrogens is 418 g/mol. The van der Waals surface area contributed by atoms with E-state index in [2.05, 4.69) is 16.3 Å². The van der Waals surface area contributed by atoms with Crippen LogP contribution in [0.4, 0.5) is 17.2 Å². The van der Waals surface area contributed by atoms with Crippen LogP contribution in [-0.4, -0.2) is 56.3 Å². The Hall–Kier alpha value is -3.65. The van der Waals surface area contributed by atoms with Gasteiger partial charge in [-0.05, 0) is 29.8 Å². The predicted octanol–water partition coefficient (Wildman–Crippen LogP) is 3.62. The number of amidine groups is 1. The lowest BCUT2D eigenvalue weighted by atomic mass is 10.1. The van der Waals surface area contributed by atoms with E-state index in [1.54, 1.807) is 14.2 Å². The summed E-state index contributed by atoms with van der Waals surface area (Å²) in [6, 6.07) is 15.8.